The molecule has 14 heavy (non-hydrogen) atoms. The molecule has 0 aromatic carbocycles. The summed E-state index contributed by atoms with van der Waals surface area (Å²) in [5.41, 5.74) is 5.47. The maximum absolute atomic E-state index is 12.6. The lowest BCUT2D eigenvalue weighted by atomic mass is 10.0. The summed E-state index contributed by atoms with van der Waals surface area (Å²) in [6.07, 6.45) is -0.947. The highest BCUT2D eigenvalue weighted by molar-refractivity contribution is 5.80. The standard InChI is InChI=1S/C9H10F2N2O/c1-5-8(9(10)11)7(4-14)6(2-12)3-13-5/h3-4,9H,2,12H2,1H3. The minimum absolute atomic E-state index is 0.0288. The number of carbonyl (C=O) groups excluding carboxylic acids is 1. The molecule has 1 heterocycles. The Hall–Kier alpha value is -1.36. The van der Waals surface area contributed by atoms with E-state index in [1.54, 1.807) is 0 Å². The van der Waals surface area contributed by atoms with Crippen molar-refractivity contribution in [3.05, 3.63) is 28.6 Å². The highest BCUT2D eigenvalue weighted by atomic mass is 19.3. The fraction of sp³-hybridized carbons (Fsp3) is 0.333. The van der Waals surface area contributed by atoms with Crippen LogP contribution in [0.25, 0.3) is 0 Å². The number of rotatable bonds is 3. The Kier molecular flexibility index (Phi) is 3.24. The zero-order valence-corrected chi connectivity index (χ0v) is 7.63. The van der Waals surface area contributed by atoms with E-state index in [1.807, 2.05) is 0 Å². The molecule has 5 heteroatoms. The number of hydrogen-bond acceptors (Lipinski definition) is 3. The second kappa shape index (κ2) is 4.23. The van der Waals surface area contributed by atoms with Crippen molar-refractivity contribution >= 4 is 6.29 Å². The van der Waals surface area contributed by atoms with Crippen molar-refractivity contribution in [1.29, 1.82) is 0 Å². The number of halogens is 2. The van der Waals surface area contributed by atoms with Gasteiger partial charge in [0.25, 0.3) is 6.43 Å². The summed E-state index contributed by atoms with van der Waals surface area (Å²) < 4.78 is 25.1. The average molecular weight is 200 g/mol. The summed E-state index contributed by atoms with van der Waals surface area (Å²) in [5, 5.41) is 0. The summed E-state index contributed by atoms with van der Waals surface area (Å²) in [6.45, 7) is 1.47. The van der Waals surface area contributed by atoms with Crippen LogP contribution in [-0.2, 0) is 6.54 Å². The van der Waals surface area contributed by atoms with Crippen molar-refractivity contribution < 1.29 is 13.6 Å². The van der Waals surface area contributed by atoms with E-state index >= 15 is 0 Å². The van der Waals surface area contributed by atoms with E-state index < -0.39 is 6.43 Å². The third-order valence-electron chi connectivity index (χ3n) is 2.00. The van der Waals surface area contributed by atoms with E-state index in [-0.39, 0.29) is 23.4 Å². The number of aromatic nitrogens is 1. The van der Waals surface area contributed by atoms with Crippen molar-refractivity contribution in [2.24, 2.45) is 5.73 Å². The Morgan fingerprint density at radius 3 is 2.71 bits per heavy atom. The van der Waals surface area contributed by atoms with E-state index in [0.29, 0.717) is 11.8 Å². The summed E-state index contributed by atoms with van der Waals surface area (Å²) in [7, 11) is 0. The highest BCUT2D eigenvalue weighted by Gasteiger charge is 2.18. The molecule has 1 rings (SSSR count). The summed E-state index contributed by atoms with van der Waals surface area (Å²) >= 11 is 0. The Morgan fingerprint density at radius 1 is 1.64 bits per heavy atom. The minimum atomic E-state index is -2.70. The van der Waals surface area contributed by atoms with Gasteiger partial charge in [0.2, 0.25) is 0 Å². The van der Waals surface area contributed by atoms with Gasteiger partial charge < -0.3 is 5.73 Å². The first-order valence-corrected chi connectivity index (χ1v) is 4.03. The third-order valence-corrected chi connectivity index (χ3v) is 2.00. The molecule has 0 atom stereocenters. The molecular weight excluding hydrogens is 190 g/mol. The molecule has 3 nitrogen and oxygen atoms in total. The van der Waals surface area contributed by atoms with Crippen molar-refractivity contribution in [2.75, 3.05) is 0 Å². The number of nitrogens with two attached hydrogens (primary N) is 1. The van der Waals surface area contributed by atoms with Gasteiger partial charge in [-0.05, 0) is 12.5 Å². The van der Waals surface area contributed by atoms with Crippen LogP contribution in [-0.4, -0.2) is 11.3 Å². The predicted octanol–water partition coefficient (Wildman–Crippen LogP) is 1.60. The monoisotopic (exact) mass is 200 g/mol. The molecular formula is C9H10F2N2O. The van der Waals surface area contributed by atoms with Crippen LogP contribution in [0, 0.1) is 6.92 Å². The Morgan fingerprint density at radius 2 is 2.29 bits per heavy atom. The minimum Gasteiger partial charge on any atom is -0.326 e. The number of hydrogen-bond donors (Lipinski definition) is 1. The molecule has 0 amide bonds. The second-order valence-electron chi connectivity index (χ2n) is 2.82. The summed E-state index contributed by atoms with van der Waals surface area (Å²) in [4.78, 5) is 14.4. The summed E-state index contributed by atoms with van der Waals surface area (Å²) in [5.74, 6) is 0. The van der Waals surface area contributed by atoms with Crippen molar-refractivity contribution in [1.82, 2.24) is 4.98 Å². The van der Waals surface area contributed by atoms with E-state index in [4.69, 9.17) is 5.73 Å². The van der Waals surface area contributed by atoms with Crippen LogP contribution in [0.2, 0.25) is 0 Å². The lowest BCUT2D eigenvalue weighted by Gasteiger charge is -2.10. The van der Waals surface area contributed by atoms with Crippen LogP contribution in [0.4, 0.5) is 8.78 Å². The van der Waals surface area contributed by atoms with Crippen molar-refractivity contribution in [2.45, 2.75) is 19.9 Å². The molecule has 0 spiro atoms. The fourth-order valence-corrected chi connectivity index (χ4v) is 1.26. The molecule has 0 aliphatic rings. The van der Waals surface area contributed by atoms with Crippen LogP contribution in [0.3, 0.4) is 0 Å². The van der Waals surface area contributed by atoms with Gasteiger partial charge in [0.1, 0.15) is 0 Å². The molecule has 0 bridgehead atoms. The largest absolute Gasteiger partial charge is 0.326 e. The molecule has 0 saturated heterocycles. The maximum Gasteiger partial charge on any atom is 0.266 e. The number of aryl methyl sites for hydroxylation is 1. The smallest absolute Gasteiger partial charge is 0.266 e. The lowest BCUT2D eigenvalue weighted by Crippen LogP contribution is -2.08. The Bertz CT molecular complexity index is 353. The first-order valence-electron chi connectivity index (χ1n) is 4.03. The van der Waals surface area contributed by atoms with Crippen LogP contribution >= 0.6 is 0 Å². The Balaban J connectivity index is 3.42. The third kappa shape index (κ3) is 1.77. The predicted molar refractivity (Wildman–Crippen MR) is 47.2 cm³/mol. The zero-order valence-electron chi connectivity index (χ0n) is 7.63. The van der Waals surface area contributed by atoms with Gasteiger partial charge in [-0.25, -0.2) is 8.78 Å². The first kappa shape index (κ1) is 10.7. The van der Waals surface area contributed by atoms with Gasteiger partial charge in [-0.3, -0.25) is 9.78 Å². The van der Waals surface area contributed by atoms with Crippen LogP contribution < -0.4 is 5.73 Å². The van der Waals surface area contributed by atoms with Gasteiger partial charge in [0.15, 0.2) is 6.29 Å². The van der Waals surface area contributed by atoms with Gasteiger partial charge in [-0.1, -0.05) is 0 Å². The summed E-state index contributed by atoms with van der Waals surface area (Å²) in [6, 6.07) is 0. The highest BCUT2D eigenvalue weighted by Crippen LogP contribution is 2.26. The SMILES string of the molecule is Cc1ncc(CN)c(C=O)c1C(F)F. The molecule has 0 saturated carbocycles. The number of nitrogens with zero attached hydrogens (tertiary/aromatic N) is 1. The van der Waals surface area contributed by atoms with Gasteiger partial charge in [-0.2, -0.15) is 0 Å². The second-order valence-corrected chi connectivity index (χ2v) is 2.82. The van der Waals surface area contributed by atoms with Crippen molar-refractivity contribution in [3.63, 3.8) is 0 Å². The van der Waals surface area contributed by atoms with Crippen molar-refractivity contribution in [3.8, 4) is 0 Å². The van der Waals surface area contributed by atoms with E-state index in [1.165, 1.54) is 13.1 Å². The van der Waals surface area contributed by atoms with Gasteiger partial charge in [0.05, 0.1) is 0 Å². The Labute approximate surface area is 79.9 Å². The zero-order chi connectivity index (χ0) is 10.7. The van der Waals surface area contributed by atoms with E-state index in [2.05, 4.69) is 4.98 Å². The normalized spacial score (nSPS) is 10.6. The topological polar surface area (TPSA) is 56.0 Å². The van der Waals surface area contributed by atoms with Gasteiger partial charge in [-0.15, -0.1) is 0 Å². The molecule has 2 N–H and O–H groups in total. The first-order chi connectivity index (χ1) is 6.61. The quantitative estimate of drug-likeness (QED) is 0.754. The number of aldehydes is 1. The fourth-order valence-electron chi connectivity index (χ4n) is 1.26. The van der Waals surface area contributed by atoms with Crippen LogP contribution in [0.5, 0.6) is 0 Å². The van der Waals surface area contributed by atoms with Crippen LogP contribution in [0.1, 0.15) is 33.6 Å². The maximum atomic E-state index is 12.6. The van der Waals surface area contributed by atoms with E-state index in [0.717, 1.165) is 0 Å². The van der Waals surface area contributed by atoms with E-state index in [9.17, 15) is 13.6 Å². The molecule has 0 unspecified atom stereocenters. The number of carbonyl (C=O) groups is 1. The molecule has 0 radical (unpaired) electrons. The molecule has 0 fully saturated rings. The lowest BCUT2D eigenvalue weighted by molar-refractivity contribution is 0.110. The number of alkyl halides is 2. The van der Waals surface area contributed by atoms with Crippen LogP contribution in [0.15, 0.2) is 6.20 Å². The van der Waals surface area contributed by atoms with Gasteiger partial charge in [0, 0.05) is 29.6 Å². The average Bonchev–Trinajstić information content (AvgIpc) is 2.16. The molecule has 1 aromatic rings. The van der Waals surface area contributed by atoms with Gasteiger partial charge >= 0.3 is 0 Å². The molecule has 1 aromatic heterocycles. The molecule has 0 aliphatic heterocycles. The molecule has 76 valence electrons. The molecule has 0 aliphatic carbocycles. The number of pyridine rings is 1.